The number of carbonyl (C=O) groups is 1. The Labute approximate surface area is 246 Å². The lowest BCUT2D eigenvalue weighted by atomic mass is 9.66. The number of cyclic esters (lactones) is 1. The first kappa shape index (κ1) is 23.2. The molecule has 1 aliphatic carbocycles. The van der Waals surface area contributed by atoms with Gasteiger partial charge in [-0.05, 0) is 47.8 Å². The largest absolute Gasteiger partial charge is 0.502 e. The molecular formula is C29H32O13. The Morgan fingerprint density at radius 3 is 2.36 bits per heavy atom. The van der Waals surface area contributed by atoms with Gasteiger partial charge in [0.1, 0.15) is 24.4 Å². The van der Waals surface area contributed by atoms with E-state index in [1.165, 1.54) is 14.2 Å². The summed E-state index contributed by atoms with van der Waals surface area (Å²) >= 11 is 0. The normalized spacial score (nSPS) is 39.9. The molecule has 3 fully saturated rings. The zero-order valence-electron chi connectivity index (χ0n) is 26.6. The molecular weight excluding hydrogens is 556 g/mol. The molecule has 226 valence electrons. The molecule has 5 aliphatic rings. The summed E-state index contributed by atoms with van der Waals surface area (Å²) in [6, 6.07) is 6.68. The highest BCUT2D eigenvalue weighted by Gasteiger charge is 2.56. The molecule has 13 heteroatoms. The van der Waals surface area contributed by atoms with Crippen LogP contribution in [0.2, 0.25) is 0 Å². The second-order valence-corrected chi connectivity index (χ2v) is 10.7. The van der Waals surface area contributed by atoms with Gasteiger partial charge >= 0.3 is 5.97 Å². The van der Waals surface area contributed by atoms with Crippen molar-refractivity contribution in [3.05, 3.63) is 41.0 Å². The average Bonchev–Trinajstić information content (AvgIpc) is 3.65. The van der Waals surface area contributed by atoms with Crippen LogP contribution in [0.5, 0.6) is 28.7 Å². The summed E-state index contributed by atoms with van der Waals surface area (Å²) in [4.78, 5) is 13.4. The quantitative estimate of drug-likeness (QED) is 0.427. The number of methoxy groups -OCH3 is 2. The number of hydrogen-bond donors (Lipinski definition) is 3. The Morgan fingerprint density at radius 1 is 0.952 bits per heavy atom. The van der Waals surface area contributed by atoms with E-state index in [1.54, 1.807) is 24.3 Å². The van der Waals surface area contributed by atoms with Crippen molar-refractivity contribution in [1.29, 1.82) is 0 Å². The number of phenols is 1. The molecule has 0 amide bonds. The van der Waals surface area contributed by atoms with Gasteiger partial charge in [-0.3, -0.25) is 4.79 Å². The molecule has 3 N–H and O–H groups in total. The first-order valence-corrected chi connectivity index (χ1v) is 13.4. The van der Waals surface area contributed by atoms with E-state index in [9.17, 15) is 20.1 Å². The summed E-state index contributed by atoms with van der Waals surface area (Å²) in [5.74, 6) is -1.69. The van der Waals surface area contributed by atoms with Gasteiger partial charge in [0.15, 0.2) is 35.6 Å². The van der Waals surface area contributed by atoms with E-state index in [4.69, 9.17) is 48.1 Å². The van der Waals surface area contributed by atoms with E-state index in [-0.39, 0.29) is 30.6 Å². The van der Waals surface area contributed by atoms with Crippen LogP contribution in [0.1, 0.15) is 41.0 Å². The molecule has 10 atom stereocenters. The summed E-state index contributed by atoms with van der Waals surface area (Å²) in [6.45, 7) is -3.51. The molecule has 3 saturated heterocycles. The zero-order chi connectivity index (χ0) is 32.7. The minimum atomic E-state index is -3.00. The van der Waals surface area contributed by atoms with Gasteiger partial charge in [-0.2, -0.15) is 0 Å². The molecule has 0 aromatic heterocycles. The molecule has 2 aromatic carbocycles. The molecule has 0 bridgehead atoms. The number of rotatable bonds is 5. The number of fused-ring (bicyclic) bond motifs is 4. The lowest BCUT2D eigenvalue weighted by Crippen LogP contribution is -2.63. The number of aliphatic hydroxyl groups is 2. The van der Waals surface area contributed by atoms with Gasteiger partial charge in [0.2, 0.25) is 12.5 Å². The summed E-state index contributed by atoms with van der Waals surface area (Å²) in [6.07, 6.45) is -11.1. The van der Waals surface area contributed by atoms with Gasteiger partial charge in [0, 0.05) is 15.9 Å². The van der Waals surface area contributed by atoms with E-state index in [0.717, 1.165) is 0 Å². The van der Waals surface area contributed by atoms with Crippen LogP contribution >= 0.6 is 0 Å². The van der Waals surface area contributed by atoms with E-state index in [2.05, 4.69) is 0 Å². The molecule has 2 aromatic rings. The lowest BCUT2D eigenvalue weighted by molar-refractivity contribution is -0.364. The Balaban J connectivity index is 1.27. The monoisotopic (exact) mass is 592 g/mol. The highest BCUT2D eigenvalue weighted by Crippen LogP contribution is 2.57. The van der Waals surface area contributed by atoms with Crippen LogP contribution in [0.4, 0.5) is 0 Å². The van der Waals surface area contributed by atoms with Crippen molar-refractivity contribution in [2.45, 2.75) is 55.8 Å². The van der Waals surface area contributed by atoms with Crippen LogP contribution in [-0.2, 0) is 28.5 Å². The van der Waals surface area contributed by atoms with Crippen molar-refractivity contribution < 1.29 is 68.2 Å². The fourth-order valence-corrected chi connectivity index (χ4v) is 6.54. The number of ether oxygens (including phenoxy) is 9. The maximum Gasteiger partial charge on any atom is 0.310 e. The summed E-state index contributed by atoms with van der Waals surface area (Å²) in [7, 11) is 2.79. The summed E-state index contributed by atoms with van der Waals surface area (Å²) in [5, 5.41) is 32.7. The van der Waals surface area contributed by atoms with Gasteiger partial charge in [0.25, 0.3) is 0 Å². The van der Waals surface area contributed by atoms with Crippen LogP contribution in [0.3, 0.4) is 0 Å². The number of benzene rings is 2. The third-order valence-corrected chi connectivity index (χ3v) is 8.52. The van der Waals surface area contributed by atoms with Crippen LogP contribution in [0.15, 0.2) is 24.3 Å². The van der Waals surface area contributed by atoms with Crippen molar-refractivity contribution >= 4 is 5.97 Å². The average molecular weight is 593 g/mol. The molecule has 0 saturated carbocycles. The summed E-state index contributed by atoms with van der Waals surface area (Å²) in [5.41, 5.74) is 1.75. The highest BCUT2D eigenvalue weighted by molar-refractivity contribution is 5.79. The van der Waals surface area contributed by atoms with Crippen molar-refractivity contribution in [2.75, 3.05) is 34.2 Å². The van der Waals surface area contributed by atoms with Crippen LogP contribution in [0, 0.1) is 11.8 Å². The van der Waals surface area contributed by atoms with Crippen LogP contribution in [-0.4, -0.2) is 92.5 Å². The maximum atomic E-state index is 13.4. The zero-order valence-corrected chi connectivity index (χ0v) is 22.6. The van der Waals surface area contributed by atoms with E-state index >= 15 is 0 Å². The van der Waals surface area contributed by atoms with Crippen molar-refractivity contribution in [3.63, 3.8) is 0 Å². The van der Waals surface area contributed by atoms with Crippen molar-refractivity contribution in [2.24, 2.45) is 11.8 Å². The Morgan fingerprint density at radius 2 is 1.67 bits per heavy atom. The maximum absolute atomic E-state index is 13.4. The first-order valence-electron chi connectivity index (χ1n) is 15.4. The molecule has 0 radical (unpaired) electrons. The van der Waals surface area contributed by atoms with Crippen molar-refractivity contribution in [3.8, 4) is 28.7 Å². The van der Waals surface area contributed by atoms with Crippen molar-refractivity contribution in [1.82, 2.24) is 0 Å². The molecule has 7 rings (SSSR count). The van der Waals surface area contributed by atoms with Gasteiger partial charge < -0.3 is 58.0 Å². The Bertz CT molecular complexity index is 1510. The second-order valence-electron chi connectivity index (χ2n) is 10.7. The number of aromatic hydroxyl groups is 1. The Hall–Kier alpha value is -3.33. The molecule has 42 heavy (non-hydrogen) atoms. The lowest BCUT2D eigenvalue weighted by Gasteiger charge is -2.47. The second kappa shape index (κ2) is 10.4. The number of carbonyl (C=O) groups excluding carboxylic acids is 1. The third kappa shape index (κ3) is 4.26. The fraction of sp³-hybridized carbons (Fsp3) is 0.552. The number of esters is 1. The smallest absolute Gasteiger partial charge is 0.310 e. The number of aliphatic hydroxyl groups excluding tert-OH is 2. The predicted octanol–water partition coefficient (Wildman–Crippen LogP) is 1.34. The van der Waals surface area contributed by atoms with E-state index < -0.39 is 80.3 Å². The predicted molar refractivity (Wildman–Crippen MR) is 138 cm³/mol. The molecule has 2 unspecified atom stereocenters. The number of hydrogen-bond acceptors (Lipinski definition) is 13. The molecule has 0 spiro atoms. The molecule has 4 heterocycles. The Kier molecular flexibility index (Phi) is 5.76. The topological polar surface area (TPSA) is 161 Å². The summed E-state index contributed by atoms with van der Waals surface area (Å²) < 4.78 is 81.5. The third-order valence-electron chi connectivity index (χ3n) is 8.52. The van der Waals surface area contributed by atoms with E-state index in [1.807, 2.05) is 0 Å². The fourth-order valence-electron chi connectivity index (χ4n) is 6.54. The van der Waals surface area contributed by atoms with Gasteiger partial charge in [-0.15, -0.1) is 0 Å². The minimum absolute atomic E-state index is 0.0301. The SMILES string of the molecule is [2H]C([2H])([2H])[C@]1([2H])OC[C@H]2O[C@@H](OC3c4cc5c(cc4[C@@H](c4cc(OC)c(O)c(OC)c4)[C@H]4C(=O)OCC34)OCO5)[C@H](O)[C@@H](O)[C@@H]2O1. The van der Waals surface area contributed by atoms with Gasteiger partial charge in [-0.1, -0.05) is 0 Å². The number of phenolic OH excluding ortho intramolecular Hbond substituents is 1. The van der Waals surface area contributed by atoms with Gasteiger partial charge in [-0.25, -0.2) is 0 Å². The minimum Gasteiger partial charge on any atom is -0.502 e. The van der Waals surface area contributed by atoms with Gasteiger partial charge in [0.05, 0.1) is 40.8 Å². The molecule has 13 nitrogen and oxygen atoms in total. The van der Waals surface area contributed by atoms with Crippen LogP contribution < -0.4 is 18.9 Å². The first-order chi connectivity index (χ1) is 21.8. The van der Waals surface area contributed by atoms with Crippen LogP contribution in [0.25, 0.3) is 0 Å². The molecule has 4 aliphatic heterocycles. The standard InChI is InChI=1S/C29H32O13/c1-11-36-9-20-27(40-11)24(31)25(32)29(41-20)42-26-14-7-17-16(38-10-39-17)6-13(14)21(22-15(26)8-37-28(22)33)12-4-18(34-2)23(30)19(5-12)35-3/h4-7,11,15,20-22,24-27,29-32H,8-10H2,1-3H3/t11-,15?,20-,21-,22+,24-,25-,26?,27-,29+/m1/s1/i1D3,11D. The highest BCUT2D eigenvalue weighted by atomic mass is 16.8. The van der Waals surface area contributed by atoms with E-state index in [0.29, 0.717) is 28.2 Å².